The minimum atomic E-state index is -0.195. The Morgan fingerprint density at radius 3 is 3.10 bits per heavy atom. The lowest BCUT2D eigenvalue weighted by Gasteiger charge is -2.25. The molecule has 1 aromatic carbocycles. The predicted octanol–water partition coefficient (Wildman–Crippen LogP) is 2.79. The van der Waals surface area contributed by atoms with E-state index in [1.165, 1.54) is 25.0 Å². The van der Waals surface area contributed by atoms with Gasteiger partial charge in [-0.3, -0.25) is 4.90 Å². The third-order valence-corrected chi connectivity index (χ3v) is 4.49. The lowest BCUT2D eigenvalue weighted by molar-refractivity contribution is 0.191. The summed E-state index contributed by atoms with van der Waals surface area (Å²) in [4.78, 5) is 2.47. The number of ether oxygens (including phenoxy) is 1. The van der Waals surface area contributed by atoms with Gasteiger partial charge in [0.05, 0.1) is 6.61 Å². The molecular weight excluding hydrogens is 323 g/mol. The number of halogens is 2. The molecule has 5 heteroatoms. The predicted molar refractivity (Wildman–Crippen MR) is 82.3 cm³/mol. The van der Waals surface area contributed by atoms with Crippen LogP contribution in [0.3, 0.4) is 0 Å². The van der Waals surface area contributed by atoms with Crippen LogP contribution in [0, 0.1) is 5.82 Å². The Kier molecular flexibility index (Phi) is 6.42. The van der Waals surface area contributed by atoms with Crippen LogP contribution in [0.5, 0.6) is 0 Å². The van der Waals surface area contributed by atoms with Gasteiger partial charge in [0.2, 0.25) is 0 Å². The van der Waals surface area contributed by atoms with Gasteiger partial charge in [0.1, 0.15) is 5.82 Å². The molecule has 20 heavy (non-hydrogen) atoms. The number of hydrogen-bond donors (Lipinski definition) is 1. The summed E-state index contributed by atoms with van der Waals surface area (Å²) in [5.41, 5.74) is 1.15. The Bertz CT molecular complexity index is 430. The summed E-state index contributed by atoms with van der Waals surface area (Å²) in [6, 6.07) is 5.50. The molecule has 1 aliphatic rings. The fraction of sp³-hybridized carbons (Fsp3) is 0.600. The maximum absolute atomic E-state index is 13.1. The molecule has 1 heterocycles. The summed E-state index contributed by atoms with van der Waals surface area (Å²) in [6.45, 7) is 4.61. The first-order valence-electron chi connectivity index (χ1n) is 7.08. The van der Waals surface area contributed by atoms with Gasteiger partial charge in [0, 0.05) is 37.3 Å². The van der Waals surface area contributed by atoms with Gasteiger partial charge >= 0.3 is 0 Å². The smallest absolute Gasteiger partial charge is 0.124 e. The third-order valence-electron chi connectivity index (χ3n) is 3.75. The highest BCUT2D eigenvalue weighted by Crippen LogP contribution is 2.24. The van der Waals surface area contributed by atoms with E-state index in [0.717, 1.165) is 42.8 Å². The van der Waals surface area contributed by atoms with Crippen molar-refractivity contribution >= 4 is 15.9 Å². The standard InChI is InChI=1S/C15H22BrFN2O/c1-20-8-6-18-10-14-3-2-7-19(14)11-12-4-5-13(17)9-15(12)16/h4-5,9,14,18H,2-3,6-8,10-11H2,1H3. The molecule has 1 aromatic rings. The zero-order valence-corrected chi connectivity index (χ0v) is 13.5. The maximum Gasteiger partial charge on any atom is 0.124 e. The van der Waals surface area contributed by atoms with Crippen LogP contribution in [0.25, 0.3) is 0 Å². The second-order valence-electron chi connectivity index (χ2n) is 5.20. The van der Waals surface area contributed by atoms with Crippen LogP contribution >= 0.6 is 15.9 Å². The fourth-order valence-electron chi connectivity index (χ4n) is 2.65. The zero-order valence-electron chi connectivity index (χ0n) is 11.9. The lowest BCUT2D eigenvalue weighted by Crippen LogP contribution is -2.38. The van der Waals surface area contributed by atoms with E-state index in [1.54, 1.807) is 7.11 Å². The van der Waals surface area contributed by atoms with E-state index >= 15 is 0 Å². The molecule has 1 aliphatic heterocycles. The molecule has 0 radical (unpaired) electrons. The van der Waals surface area contributed by atoms with E-state index in [-0.39, 0.29) is 5.82 Å². The molecule has 0 bridgehead atoms. The molecule has 0 aliphatic carbocycles. The summed E-state index contributed by atoms with van der Waals surface area (Å²) in [7, 11) is 1.72. The Labute approximate surface area is 128 Å². The van der Waals surface area contributed by atoms with Gasteiger partial charge in [-0.2, -0.15) is 0 Å². The van der Waals surface area contributed by atoms with E-state index in [2.05, 4.69) is 26.1 Å². The lowest BCUT2D eigenvalue weighted by atomic mass is 10.1. The molecule has 1 N–H and O–H groups in total. The van der Waals surface area contributed by atoms with E-state index in [4.69, 9.17) is 4.74 Å². The summed E-state index contributed by atoms with van der Waals surface area (Å²) in [5, 5.41) is 3.43. The highest BCUT2D eigenvalue weighted by molar-refractivity contribution is 9.10. The van der Waals surface area contributed by atoms with E-state index in [1.807, 2.05) is 6.07 Å². The van der Waals surface area contributed by atoms with Gasteiger partial charge in [-0.05, 0) is 37.1 Å². The number of methoxy groups -OCH3 is 1. The normalized spacial score (nSPS) is 19.6. The minimum absolute atomic E-state index is 0.195. The van der Waals surface area contributed by atoms with Crippen molar-refractivity contribution in [1.29, 1.82) is 0 Å². The number of hydrogen-bond acceptors (Lipinski definition) is 3. The van der Waals surface area contributed by atoms with E-state index in [9.17, 15) is 4.39 Å². The average Bonchev–Trinajstić information content (AvgIpc) is 2.85. The monoisotopic (exact) mass is 344 g/mol. The van der Waals surface area contributed by atoms with Crippen molar-refractivity contribution in [3.05, 3.63) is 34.1 Å². The van der Waals surface area contributed by atoms with E-state index in [0.29, 0.717) is 6.04 Å². The molecule has 1 saturated heterocycles. The first-order valence-corrected chi connectivity index (χ1v) is 7.87. The molecule has 1 atom stereocenters. The Balaban J connectivity index is 1.87. The van der Waals surface area contributed by atoms with Gasteiger partial charge in [0.25, 0.3) is 0 Å². The SMILES string of the molecule is COCCNCC1CCCN1Cc1ccc(F)cc1Br. The second-order valence-corrected chi connectivity index (χ2v) is 6.05. The molecule has 0 spiro atoms. The van der Waals surface area contributed by atoms with Crippen molar-refractivity contribution in [2.24, 2.45) is 0 Å². The van der Waals surface area contributed by atoms with Gasteiger partial charge in [0.15, 0.2) is 0 Å². The molecule has 0 aromatic heterocycles. The summed E-state index contributed by atoms with van der Waals surface area (Å²) < 4.78 is 19.0. The Morgan fingerprint density at radius 2 is 2.35 bits per heavy atom. The van der Waals surface area contributed by atoms with Crippen LogP contribution in [0.2, 0.25) is 0 Å². The fourth-order valence-corrected chi connectivity index (χ4v) is 3.12. The van der Waals surface area contributed by atoms with E-state index < -0.39 is 0 Å². The first-order chi connectivity index (χ1) is 9.70. The van der Waals surface area contributed by atoms with Crippen LogP contribution in [0.15, 0.2) is 22.7 Å². The van der Waals surface area contributed by atoms with Crippen molar-refractivity contribution in [2.75, 3.05) is 33.4 Å². The van der Waals surface area contributed by atoms with Crippen LogP contribution in [-0.2, 0) is 11.3 Å². The molecule has 1 fully saturated rings. The van der Waals surface area contributed by atoms with Crippen molar-refractivity contribution in [3.8, 4) is 0 Å². The number of nitrogens with one attached hydrogen (secondary N) is 1. The van der Waals surface area contributed by atoms with Crippen LogP contribution in [0.4, 0.5) is 4.39 Å². The highest BCUT2D eigenvalue weighted by atomic mass is 79.9. The van der Waals surface area contributed by atoms with Crippen molar-refractivity contribution in [2.45, 2.75) is 25.4 Å². The van der Waals surface area contributed by atoms with Crippen LogP contribution in [0.1, 0.15) is 18.4 Å². The number of benzene rings is 1. The van der Waals surface area contributed by atoms with Crippen LogP contribution < -0.4 is 5.32 Å². The summed E-state index contributed by atoms with van der Waals surface area (Å²) in [6.07, 6.45) is 2.45. The average molecular weight is 345 g/mol. The molecule has 112 valence electrons. The van der Waals surface area contributed by atoms with Crippen molar-refractivity contribution in [1.82, 2.24) is 10.2 Å². The number of nitrogens with zero attached hydrogens (tertiary/aromatic N) is 1. The maximum atomic E-state index is 13.1. The third kappa shape index (κ3) is 4.52. The Morgan fingerprint density at radius 1 is 1.50 bits per heavy atom. The summed E-state index contributed by atoms with van der Waals surface area (Å²) >= 11 is 3.45. The molecular formula is C15H22BrFN2O. The van der Waals surface area contributed by atoms with Crippen molar-refractivity contribution < 1.29 is 9.13 Å². The molecule has 0 amide bonds. The molecule has 2 rings (SSSR count). The molecule has 1 unspecified atom stereocenters. The van der Waals surface area contributed by atoms with Gasteiger partial charge < -0.3 is 10.1 Å². The zero-order chi connectivity index (χ0) is 14.4. The quantitative estimate of drug-likeness (QED) is 0.769. The number of rotatable bonds is 7. The highest BCUT2D eigenvalue weighted by Gasteiger charge is 2.24. The topological polar surface area (TPSA) is 24.5 Å². The largest absolute Gasteiger partial charge is 0.383 e. The van der Waals surface area contributed by atoms with Gasteiger partial charge in [-0.25, -0.2) is 4.39 Å². The number of likely N-dealkylation sites (tertiary alicyclic amines) is 1. The molecule has 3 nitrogen and oxygen atoms in total. The second kappa shape index (κ2) is 8.08. The summed E-state index contributed by atoms with van der Waals surface area (Å²) in [5.74, 6) is -0.195. The van der Waals surface area contributed by atoms with Crippen molar-refractivity contribution in [3.63, 3.8) is 0 Å². The van der Waals surface area contributed by atoms with Crippen LogP contribution in [-0.4, -0.2) is 44.3 Å². The van der Waals surface area contributed by atoms with Gasteiger partial charge in [-0.15, -0.1) is 0 Å². The molecule has 0 saturated carbocycles. The first kappa shape index (κ1) is 15.9. The Hall–Kier alpha value is -0.490. The van der Waals surface area contributed by atoms with Gasteiger partial charge in [-0.1, -0.05) is 22.0 Å². The minimum Gasteiger partial charge on any atom is -0.383 e.